The number of fused-ring (bicyclic) bond motifs is 1. The molecule has 2 aromatic rings. The zero-order valence-corrected chi connectivity index (χ0v) is 15.4. The van der Waals surface area contributed by atoms with Crippen LogP contribution in [0.3, 0.4) is 0 Å². The van der Waals surface area contributed by atoms with Crippen molar-refractivity contribution >= 4 is 40.4 Å². The summed E-state index contributed by atoms with van der Waals surface area (Å²) < 4.78 is 11.5. The molecule has 5 heteroatoms. The zero-order valence-electron chi connectivity index (χ0n) is 13.9. The second-order valence-electron chi connectivity index (χ2n) is 6.02. The van der Waals surface area contributed by atoms with Crippen molar-refractivity contribution in [3.8, 4) is 0 Å². The van der Waals surface area contributed by atoms with Crippen LogP contribution in [0.25, 0.3) is 11.6 Å². The smallest absolute Gasteiger partial charge is 0.336 e. The van der Waals surface area contributed by atoms with Crippen LogP contribution in [0.4, 0.5) is 0 Å². The maximum absolute atomic E-state index is 11.9. The molecular formula is C20H17ClO3S. The van der Waals surface area contributed by atoms with Crippen LogP contribution in [0.1, 0.15) is 23.6 Å². The van der Waals surface area contributed by atoms with E-state index in [1.54, 1.807) is 36.6 Å². The molecule has 0 saturated heterocycles. The summed E-state index contributed by atoms with van der Waals surface area (Å²) in [5, 5.41) is 10.4. The van der Waals surface area contributed by atoms with Gasteiger partial charge in [0.25, 0.3) is 0 Å². The van der Waals surface area contributed by atoms with E-state index in [9.17, 15) is 14.5 Å². The van der Waals surface area contributed by atoms with Crippen molar-refractivity contribution in [1.29, 1.82) is 0 Å². The first-order chi connectivity index (χ1) is 11.9. The Hall–Kier alpha value is -2.01. The molecule has 1 atom stereocenters. The van der Waals surface area contributed by atoms with Crippen molar-refractivity contribution in [3.05, 3.63) is 75.3 Å². The average Bonchev–Trinajstić information content (AvgIpc) is 2.88. The summed E-state index contributed by atoms with van der Waals surface area (Å²) >= 11 is 5.05. The molecule has 1 N–H and O–H groups in total. The van der Waals surface area contributed by atoms with Gasteiger partial charge in [-0.2, -0.15) is 0 Å². The van der Waals surface area contributed by atoms with E-state index in [4.69, 9.17) is 11.6 Å². The van der Waals surface area contributed by atoms with E-state index in [0.717, 1.165) is 34.3 Å². The molecule has 25 heavy (non-hydrogen) atoms. The molecule has 0 aromatic heterocycles. The van der Waals surface area contributed by atoms with Crippen LogP contribution < -0.4 is 0 Å². The Morgan fingerprint density at radius 2 is 1.92 bits per heavy atom. The summed E-state index contributed by atoms with van der Waals surface area (Å²) in [6, 6.07) is 12.7. The zero-order chi connectivity index (χ0) is 18.1. The Bertz CT molecular complexity index is 896. The Kier molecular flexibility index (Phi) is 5.04. The van der Waals surface area contributed by atoms with E-state index in [1.165, 1.54) is 0 Å². The number of benzene rings is 2. The molecule has 0 amide bonds. The monoisotopic (exact) mass is 372 g/mol. The summed E-state index contributed by atoms with van der Waals surface area (Å²) in [6.45, 7) is 1.95. The first-order valence-electron chi connectivity index (χ1n) is 7.74. The molecule has 3 rings (SSSR count). The quantitative estimate of drug-likeness (QED) is 0.631. The van der Waals surface area contributed by atoms with Crippen molar-refractivity contribution in [2.45, 2.75) is 18.2 Å². The molecule has 2 aromatic carbocycles. The lowest BCUT2D eigenvalue weighted by Gasteiger charge is -2.09. The van der Waals surface area contributed by atoms with Crippen molar-refractivity contribution in [2.75, 3.05) is 6.26 Å². The number of rotatable bonds is 4. The second-order valence-corrected chi connectivity index (χ2v) is 7.84. The molecule has 0 spiro atoms. The molecule has 0 saturated carbocycles. The van der Waals surface area contributed by atoms with Gasteiger partial charge < -0.3 is 9.66 Å². The fraction of sp³-hybridized carbons (Fsp3) is 0.150. The predicted molar refractivity (Wildman–Crippen MR) is 102 cm³/mol. The number of halogens is 1. The van der Waals surface area contributed by atoms with E-state index >= 15 is 0 Å². The van der Waals surface area contributed by atoms with Gasteiger partial charge in [-0.05, 0) is 89.3 Å². The largest absolute Gasteiger partial charge is 0.612 e. The lowest BCUT2D eigenvalue weighted by Crippen LogP contribution is -2.03. The van der Waals surface area contributed by atoms with Crippen LogP contribution >= 0.6 is 11.6 Å². The van der Waals surface area contributed by atoms with Gasteiger partial charge >= 0.3 is 5.97 Å². The van der Waals surface area contributed by atoms with Gasteiger partial charge in [0.05, 0.1) is 5.57 Å². The Labute approximate surface area is 154 Å². The minimum absolute atomic E-state index is 0.240. The van der Waals surface area contributed by atoms with Gasteiger partial charge in [-0.25, -0.2) is 4.79 Å². The van der Waals surface area contributed by atoms with Crippen LogP contribution in [-0.2, 0) is 22.4 Å². The van der Waals surface area contributed by atoms with Gasteiger partial charge in [-0.3, -0.25) is 0 Å². The maximum Gasteiger partial charge on any atom is 0.336 e. The molecule has 0 aliphatic heterocycles. The van der Waals surface area contributed by atoms with Gasteiger partial charge in [-0.15, -0.1) is 0 Å². The van der Waals surface area contributed by atoms with Crippen LogP contribution in [0, 0.1) is 0 Å². The average molecular weight is 373 g/mol. The molecule has 1 unspecified atom stereocenters. The van der Waals surface area contributed by atoms with E-state index in [1.807, 2.05) is 25.1 Å². The molecule has 0 bridgehead atoms. The Balaban J connectivity index is 2.07. The fourth-order valence-corrected chi connectivity index (χ4v) is 3.77. The van der Waals surface area contributed by atoms with Crippen molar-refractivity contribution in [2.24, 2.45) is 0 Å². The number of hydrogen-bond acceptors (Lipinski definition) is 2. The normalized spacial score (nSPS) is 15.3. The number of carboxylic acid groups (broad SMARTS) is 1. The number of carboxylic acids is 1. The number of carbonyl (C=O) groups is 1. The lowest BCUT2D eigenvalue weighted by molar-refractivity contribution is -0.132. The standard InChI is InChI=1S/C20H17ClO3S/c1-12-9-14-5-6-15(21)11-17(14)19(12)18(20(22)23)10-13-3-7-16(8-4-13)25(2)24/h3-8,10-11H,9H2,1-2H3,(H,22,23). The van der Waals surface area contributed by atoms with E-state index in [0.29, 0.717) is 9.92 Å². The number of allylic oxidation sites excluding steroid dienone is 1. The van der Waals surface area contributed by atoms with Crippen molar-refractivity contribution in [1.82, 2.24) is 0 Å². The molecular weight excluding hydrogens is 356 g/mol. The van der Waals surface area contributed by atoms with E-state index < -0.39 is 17.1 Å². The summed E-state index contributed by atoms with van der Waals surface area (Å²) in [4.78, 5) is 12.6. The second kappa shape index (κ2) is 7.08. The molecule has 0 radical (unpaired) electrons. The van der Waals surface area contributed by atoms with Gasteiger partial charge in [0.1, 0.15) is 6.26 Å². The third kappa shape index (κ3) is 3.66. The SMILES string of the molecule is CC1=C(C(=Cc2ccc([S+](C)[O-])cc2)C(=O)O)c2cc(Cl)ccc2C1. The van der Waals surface area contributed by atoms with Gasteiger partial charge in [0, 0.05) is 5.02 Å². The maximum atomic E-state index is 11.9. The number of aliphatic carboxylic acids is 1. The van der Waals surface area contributed by atoms with Crippen LogP contribution in [0.5, 0.6) is 0 Å². The molecule has 1 aliphatic rings. The minimum Gasteiger partial charge on any atom is -0.612 e. The van der Waals surface area contributed by atoms with Crippen LogP contribution in [0.2, 0.25) is 5.02 Å². The summed E-state index contributed by atoms with van der Waals surface area (Å²) in [5.41, 5.74) is 4.70. The molecule has 0 heterocycles. The first kappa shape index (κ1) is 17.8. The third-order valence-corrected chi connectivity index (χ3v) is 5.42. The Morgan fingerprint density at radius 3 is 2.52 bits per heavy atom. The lowest BCUT2D eigenvalue weighted by atomic mass is 9.96. The summed E-state index contributed by atoms with van der Waals surface area (Å²) in [5.74, 6) is -0.981. The molecule has 1 aliphatic carbocycles. The van der Waals surface area contributed by atoms with Crippen molar-refractivity contribution < 1.29 is 14.5 Å². The topological polar surface area (TPSA) is 60.4 Å². The summed E-state index contributed by atoms with van der Waals surface area (Å²) in [6.07, 6.45) is 3.99. The Morgan fingerprint density at radius 1 is 1.24 bits per heavy atom. The molecule has 0 fully saturated rings. The van der Waals surface area contributed by atoms with E-state index in [2.05, 4.69) is 0 Å². The van der Waals surface area contributed by atoms with Gasteiger partial charge in [-0.1, -0.05) is 23.2 Å². The third-order valence-electron chi connectivity index (χ3n) is 4.25. The molecule has 3 nitrogen and oxygen atoms in total. The van der Waals surface area contributed by atoms with Crippen LogP contribution in [-0.4, -0.2) is 21.9 Å². The fourth-order valence-electron chi connectivity index (χ4n) is 3.08. The van der Waals surface area contributed by atoms with Crippen LogP contribution in [0.15, 0.2) is 58.5 Å². The summed E-state index contributed by atoms with van der Waals surface area (Å²) in [7, 11) is 0. The highest BCUT2D eigenvalue weighted by Crippen LogP contribution is 2.39. The minimum atomic E-state index is -1.06. The highest BCUT2D eigenvalue weighted by Gasteiger charge is 2.25. The highest BCUT2D eigenvalue weighted by atomic mass is 35.5. The molecule has 128 valence electrons. The van der Waals surface area contributed by atoms with Gasteiger partial charge in [0.15, 0.2) is 4.90 Å². The highest BCUT2D eigenvalue weighted by molar-refractivity contribution is 7.90. The van der Waals surface area contributed by atoms with E-state index in [-0.39, 0.29) is 5.57 Å². The number of hydrogen-bond donors (Lipinski definition) is 1. The van der Waals surface area contributed by atoms with Crippen molar-refractivity contribution in [3.63, 3.8) is 0 Å². The predicted octanol–water partition coefficient (Wildman–Crippen LogP) is 4.58. The first-order valence-corrected chi connectivity index (χ1v) is 9.68. The van der Waals surface area contributed by atoms with Gasteiger partial charge in [0.2, 0.25) is 0 Å².